The highest BCUT2D eigenvalue weighted by atomic mass is 19.2. The van der Waals surface area contributed by atoms with E-state index in [1.54, 1.807) is 12.2 Å². The first-order chi connectivity index (χ1) is 7.79. The van der Waals surface area contributed by atoms with Crippen LogP contribution in [0.3, 0.4) is 0 Å². The zero-order valence-electron chi connectivity index (χ0n) is 9.86. The van der Waals surface area contributed by atoms with Gasteiger partial charge in [-0.1, -0.05) is 67.2 Å². The molecular formula is C14H18FN. The van der Waals surface area contributed by atoms with Gasteiger partial charge in [0.2, 0.25) is 0 Å². The molecule has 1 aromatic rings. The molecule has 0 amide bonds. The molecule has 1 aliphatic rings. The van der Waals surface area contributed by atoms with Crippen LogP contribution in [0.5, 0.6) is 0 Å². The van der Waals surface area contributed by atoms with Crippen LogP contribution in [0.25, 0.3) is 5.70 Å². The fourth-order valence-corrected chi connectivity index (χ4v) is 1.34. The molecule has 1 aromatic carbocycles. The van der Waals surface area contributed by atoms with Crippen LogP contribution in [0.15, 0.2) is 48.6 Å². The molecule has 0 aromatic heterocycles. The maximum atomic E-state index is 13.2. The average Bonchev–Trinajstić information content (AvgIpc) is 2.32. The van der Waals surface area contributed by atoms with Crippen LogP contribution in [0.1, 0.15) is 25.8 Å². The second-order valence-corrected chi connectivity index (χ2v) is 3.60. The standard InChI is InChI=1S/C11H10FN.C3H8/c12-13-9-5-4-8-11(13)10-6-2-1-3-7-10;1-3-2/h1-8H,9H2;3H2,1-2H3. The number of hydrogen-bond acceptors (Lipinski definition) is 1. The number of halogens is 1. The summed E-state index contributed by atoms with van der Waals surface area (Å²) in [7, 11) is 0. The summed E-state index contributed by atoms with van der Waals surface area (Å²) in [5.74, 6) is 0. The van der Waals surface area contributed by atoms with Crippen molar-refractivity contribution in [3.63, 3.8) is 0 Å². The van der Waals surface area contributed by atoms with Gasteiger partial charge in [-0.25, -0.2) is 5.12 Å². The van der Waals surface area contributed by atoms with Crippen molar-refractivity contribution in [3.8, 4) is 0 Å². The lowest BCUT2D eigenvalue weighted by Crippen LogP contribution is -2.13. The third-order valence-electron chi connectivity index (χ3n) is 1.99. The Hall–Kier alpha value is -1.57. The van der Waals surface area contributed by atoms with Crippen LogP contribution in [0.4, 0.5) is 4.48 Å². The van der Waals surface area contributed by atoms with Gasteiger partial charge in [0.05, 0.1) is 12.2 Å². The molecule has 16 heavy (non-hydrogen) atoms. The van der Waals surface area contributed by atoms with Crippen molar-refractivity contribution in [2.24, 2.45) is 0 Å². The summed E-state index contributed by atoms with van der Waals surface area (Å²) in [6.45, 7) is 4.58. The summed E-state index contributed by atoms with van der Waals surface area (Å²) in [6, 6.07) is 9.53. The van der Waals surface area contributed by atoms with Crippen molar-refractivity contribution in [1.82, 2.24) is 5.12 Å². The number of nitrogens with zero attached hydrogens (tertiary/aromatic N) is 1. The van der Waals surface area contributed by atoms with Gasteiger partial charge >= 0.3 is 0 Å². The third-order valence-corrected chi connectivity index (χ3v) is 1.99. The minimum absolute atomic E-state index is 0.334. The topological polar surface area (TPSA) is 3.24 Å². The molecule has 0 aliphatic carbocycles. The molecule has 86 valence electrons. The van der Waals surface area contributed by atoms with Crippen LogP contribution in [0.2, 0.25) is 0 Å². The van der Waals surface area contributed by atoms with E-state index in [1.165, 1.54) is 6.42 Å². The summed E-state index contributed by atoms with van der Waals surface area (Å²) < 4.78 is 13.2. The highest BCUT2D eigenvalue weighted by Crippen LogP contribution is 2.21. The number of benzene rings is 1. The molecule has 1 aliphatic heterocycles. The summed E-state index contributed by atoms with van der Waals surface area (Å²) in [6.07, 6.45) is 6.68. The molecular weight excluding hydrogens is 201 g/mol. The van der Waals surface area contributed by atoms with Crippen molar-refractivity contribution in [3.05, 3.63) is 54.1 Å². The van der Waals surface area contributed by atoms with Gasteiger partial charge in [0, 0.05) is 5.56 Å². The van der Waals surface area contributed by atoms with Crippen LogP contribution >= 0.6 is 0 Å². The van der Waals surface area contributed by atoms with Crippen LogP contribution in [-0.2, 0) is 0 Å². The lowest BCUT2D eigenvalue weighted by atomic mass is 10.1. The number of allylic oxidation sites excluding steroid dienone is 2. The van der Waals surface area contributed by atoms with Crippen LogP contribution in [0, 0.1) is 0 Å². The highest BCUT2D eigenvalue weighted by molar-refractivity contribution is 5.65. The normalized spacial score (nSPS) is 13.9. The molecule has 0 radical (unpaired) electrons. The number of hydrogen-bond donors (Lipinski definition) is 0. The largest absolute Gasteiger partial charge is 0.207 e. The first-order valence-corrected chi connectivity index (χ1v) is 5.65. The number of rotatable bonds is 1. The second kappa shape index (κ2) is 6.83. The van der Waals surface area contributed by atoms with Crippen molar-refractivity contribution >= 4 is 5.70 Å². The predicted octanol–water partition coefficient (Wildman–Crippen LogP) is 4.20. The van der Waals surface area contributed by atoms with E-state index in [9.17, 15) is 4.48 Å². The highest BCUT2D eigenvalue weighted by Gasteiger charge is 2.10. The van der Waals surface area contributed by atoms with Gasteiger partial charge in [-0.2, -0.15) is 0 Å². The molecule has 0 saturated carbocycles. The van der Waals surface area contributed by atoms with Gasteiger partial charge in [-0.05, 0) is 6.08 Å². The Kier molecular flexibility index (Phi) is 5.34. The monoisotopic (exact) mass is 219 g/mol. The van der Waals surface area contributed by atoms with Crippen molar-refractivity contribution in [1.29, 1.82) is 0 Å². The Labute approximate surface area is 96.8 Å². The molecule has 0 saturated heterocycles. The minimum atomic E-state index is 0.334. The van der Waals surface area contributed by atoms with Crippen LogP contribution in [-0.4, -0.2) is 11.7 Å². The van der Waals surface area contributed by atoms with Gasteiger partial charge in [0.25, 0.3) is 0 Å². The summed E-state index contributed by atoms with van der Waals surface area (Å²) in [5, 5.41) is 0.745. The molecule has 2 heteroatoms. The Balaban J connectivity index is 0.000000386. The zero-order valence-corrected chi connectivity index (χ0v) is 9.86. The summed E-state index contributed by atoms with van der Waals surface area (Å²) in [5.41, 5.74) is 1.54. The van der Waals surface area contributed by atoms with E-state index in [2.05, 4.69) is 13.8 Å². The predicted molar refractivity (Wildman–Crippen MR) is 67.3 cm³/mol. The maximum Gasteiger partial charge on any atom is 0.0763 e. The SMILES string of the molecule is CCC.FN1CC=CC=C1c1ccccc1. The molecule has 1 nitrogen and oxygen atoms in total. The van der Waals surface area contributed by atoms with Crippen LogP contribution < -0.4 is 0 Å². The first kappa shape index (κ1) is 12.5. The summed E-state index contributed by atoms with van der Waals surface area (Å²) in [4.78, 5) is 0. The van der Waals surface area contributed by atoms with E-state index in [0.717, 1.165) is 10.7 Å². The first-order valence-electron chi connectivity index (χ1n) is 5.65. The van der Waals surface area contributed by atoms with Crippen molar-refractivity contribution in [2.45, 2.75) is 20.3 Å². The van der Waals surface area contributed by atoms with Gasteiger partial charge in [0.1, 0.15) is 0 Å². The smallest absolute Gasteiger partial charge is 0.0763 e. The lowest BCUT2D eigenvalue weighted by Gasteiger charge is -2.18. The van der Waals surface area contributed by atoms with Crippen molar-refractivity contribution in [2.75, 3.05) is 6.54 Å². The Morgan fingerprint density at radius 3 is 2.38 bits per heavy atom. The molecule has 1 heterocycles. The van der Waals surface area contributed by atoms with Gasteiger partial charge in [0.15, 0.2) is 0 Å². The Bertz CT molecular complexity index is 354. The van der Waals surface area contributed by atoms with E-state index in [4.69, 9.17) is 0 Å². The fourth-order valence-electron chi connectivity index (χ4n) is 1.34. The molecule has 0 fully saturated rings. The van der Waals surface area contributed by atoms with E-state index < -0.39 is 0 Å². The fraction of sp³-hybridized carbons (Fsp3) is 0.286. The van der Waals surface area contributed by atoms with E-state index in [-0.39, 0.29) is 0 Å². The van der Waals surface area contributed by atoms with Gasteiger partial charge < -0.3 is 0 Å². The lowest BCUT2D eigenvalue weighted by molar-refractivity contribution is 0.121. The molecule has 0 N–H and O–H groups in total. The minimum Gasteiger partial charge on any atom is -0.207 e. The van der Waals surface area contributed by atoms with Gasteiger partial charge in [-0.15, -0.1) is 0 Å². The third kappa shape index (κ3) is 3.54. The molecule has 0 atom stereocenters. The van der Waals surface area contributed by atoms with Crippen molar-refractivity contribution < 1.29 is 4.48 Å². The van der Waals surface area contributed by atoms with E-state index >= 15 is 0 Å². The zero-order chi connectivity index (χ0) is 11.8. The summed E-state index contributed by atoms with van der Waals surface area (Å²) >= 11 is 0. The Morgan fingerprint density at radius 2 is 1.81 bits per heavy atom. The molecule has 2 rings (SSSR count). The van der Waals surface area contributed by atoms with E-state index in [1.807, 2.05) is 36.4 Å². The molecule has 0 spiro atoms. The van der Waals surface area contributed by atoms with E-state index in [0.29, 0.717) is 12.2 Å². The Morgan fingerprint density at radius 1 is 1.19 bits per heavy atom. The quantitative estimate of drug-likeness (QED) is 0.640. The second-order valence-electron chi connectivity index (χ2n) is 3.60. The maximum absolute atomic E-state index is 13.2. The molecule has 0 bridgehead atoms. The molecule has 0 unspecified atom stereocenters. The van der Waals surface area contributed by atoms with Gasteiger partial charge in [-0.3, -0.25) is 0 Å². The average molecular weight is 219 g/mol.